The number of nitrogen functional groups attached to an aromatic ring is 1. The molecule has 1 rings (SSSR count). The zero-order chi connectivity index (χ0) is 12.8. The highest BCUT2D eigenvalue weighted by Crippen LogP contribution is 2.23. The fraction of sp³-hybridized carbons (Fsp3) is 0.417. The molecule has 0 saturated heterocycles. The zero-order valence-electron chi connectivity index (χ0n) is 9.96. The first-order valence-corrected chi connectivity index (χ1v) is 6.16. The second-order valence-electron chi connectivity index (χ2n) is 3.50. The van der Waals surface area contributed by atoms with Gasteiger partial charge in [-0.2, -0.15) is 0 Å². The second kappa shape index (κ2) is 6.61. The molecule has 0 aliphatic rings. The van der Waals surface area contributed by atoms with Crippen molar-refractivity contribution in [3.8, 4) is 0 Å². The molecule has 0 aliphatic carbocycles. The molecule has 1 aromatic carbocycles. The lowest BCUT2D eigenvalue weighted by Gasteiger charge is -2.09. The van der Waals surface area contributed by atoms with E-state index in [0.29, 0.717) is 24.5 Å². The summed E-state index contributed by atoms with van der Waals surface area (Å²) in [6.07, 6.45) is 0. The number of ether oxygens (including phenoxy) is 2. The van der Waals surface area contributed by atoms with Crippen LogP contribution in [-0.4, -0.2) is 25.8 Å². The number of hydrogen-bond donors (Lipinski definition) is 1. The van der Waals surface area contributed by atoms with Gasteiger partial charge in [-0.25, -0.2) is 4.79 Å². The summed E-state index contributed by atoms with van der Waals surface area (Å²) in [6.45, 7) is 4.95. The Hall–Kier alpha value is -1.07. The van der Waals surface area contributed by atoms with Crippen molar-refractivity contribution < 1.29 is 14.3 Å². The Labute approximate surface area is 109 Å². The maximum atomic E-state index is 11.8. The molecule has 0 spiro atoms. The summed E-state index contributed by atoms with van der Waals surface area (Å²) in [5, 5.41) is 0. The monoisotopic (exact) mass is 301 g/mol. The SMILES string of the molecule is CCOCCOC(=O)c1cc(Br)cc(N)c1C. The Kier molecular flexibility index (Phi) is 5.44. The molecule has 0 radical (unpaired) electrons. The largest absolute Gasteiger partial charge is 0.460 e. The normalized spacial score (nSPS) is 10.3. The maximum Gasteiger partial charge on any atom is 0.338 e. The Balaban J connectivity index is 2.69. The highest BCUT2D eigenvalue weighted by molar-refractivity contribution is 9.10. The van der Waals surface area contributed by atoms with Crippen LogP contribution in [0.1, 0.15) is 22.8 Å². The van der Waals surface area contributed by atoms with E-state index in [1.54, 1.807) is 19.1 Å². The minimum Gasteiger partial charge on any atom is -0.460 e. The van der Waals surface area contributed by atoms with E-state index in [1.807, 2.05) is 6.92 Å². The van der Waals surface area contributed by atoms with Crippen molar-refractivity contribution >= 4 is 27.6 Å². The number of carbonyl (C=O) groups is 1. The Bertz CT molecular complexity index is 407. The van der Waals surface area contributed by atoms with Gasteiger partial charge < -0.3 is 15.2 Å². The molecular formula is C12H16BrNO3. The molecule has 1 aromatic rings. The van der Waals surface area contributed by atoms with E-state index in [2.05, 4.69) is 15.9 Å². The molecule has 0 saturated carbocycles. The molecule has 4 nitrogen and oxygen atoms in total. The van der Waals surface area contributed by atoms with Gasteiger partial charge in [0.25, 0.3) is 0 Å². The Morgan fingerprint density at radius 2 is 2.12 bits per heavy atom. The van der Waals surface area contributed by atoms with Crippen LogP contribution in [0.3, 0.4) is 0 Å². The lowest BCUT2D eigenvalue weighted by Crippen LogP contribution is -2.12. The minimum atomic E-state index is -0.379. The number of hydrogen-bond acceptors (Lipinski definition) is 4. The van der Waals surface area contributed by atoms with Gasteiger partial charge in [-0.15, -0.1) is 0 Å². The van der Waals surface area contributed by atoms with Crippen LogP contribution in [0.4, 0.5) is 5.69 Å². The number of carbonyl (C=O) groups excluding carboxylic acids is 1. The van der Waals surface area contributed by atoms with Crippen molar-refractivity contribution in [3.63, 3.8) is 0 Å². The van der Waals surface area contributed by atoms with Crippen LogP contribution in [0.15, 0.2) is 16.6 Å². The van der Waals surface area contributed by atoms with Gasteiger partial charge in [0.05, 0.1) is 12.2 Å². The summed E-state index contributed by atoms with van der Waals surface area (Å²) in [5.41, 5.74) is 7.55. The van der Waals surface area contributed by atoms with E-state index in [0.717, 1.165) is 10.0 Å². The molecule has 0 bridgehead atoms. The molecule has 2 N–H and O–H groups in total. The van der Waals surface area contributed by atoms with Gasteiger partial charge in [-0.1, -0.05) is 15.9 Å². The molecule has 0 aliphatic heterocycles. The van der Waals surface area contributed by atoms with Crippen molar-refractivity contribution in [2.45, 2.75) is 13.8 Å². The lowest BCUT2D eigenvalue weighted by molar-refractivity contribution is 0.0334. The lowest BCUT2D eigenvalue weighted by atomic mass is 10.1. The number of nitrogens with two attached hydrogens (primary N) is 1. The molecule has 0 heterocycles. The number of anilines is 1. The number of esters is 1. The van der Waals surface area contributed by atoms with Gasteiger partial charge in [0.15, 0.2) is 0 Å². The van der Waals surface area contributed by atoms with Crippen molar-refractivity contribution in [1.29, 1.82) is 0 Å². The summed E-state index contributed by atoms with van der Waals surface area (Å²) in [6, 6.07) is 3.46. The van der Waals surface area contributed by atoms with E-state index in [9.17, 15) is 4.79 Å². The number of halogens is 1. The van der Waals surface area contributed by atoms with Crippen LogP contribution < -0.4 is 5.73 Å². The average Bonchev–Trinajstić information content (AvgIpc) is 2.29. The summed E-state index contributed by atoms with van der Waals surface area (Å²) in [4.78, 5) is 11.8. The predicted octanol–water partition coefficient (Wildman–Crippen LogP) is 2.53. The van der Waals surface area contributed by atoms with Crippen molar-refractivity contribution in [2.24, 2.45) is 0 Å². The Morgan fingerprint density at radius 3 is 2.76 bits per heavy atom. The average molecular weight is 302 g/mol. The third-order valence-corrected chi connectivity index (χ3v) is 2.76. The first-order chi connectivity index (χ1) is 8.06. The quantitative estimate of drug-likeness (QED) is 0.516. The third kappa shape index (κ3) is 4.02. The number of benzene rings is 1. The molecular weight excluding hydrogens is 286 g/mol. The van der Waals surface area contributed by atoms with E-state index in [1.165, 1.54) is 0 Å². The highest BCUT2D eigenvalue weighted by Gasteiger charge is 2.13. The van der Waals surface area contributed by atoms with Crippen LogP contribution in [-0.2, 0) is 9.47 Å². The van der Waals surface area contributed by atoms with Gasteiger partial charge >= 0.3 is 5.97 Å². The summed E-state index contributed by atoms with van der Waals surface area (Å²) in [7, 11) is 0. The van der Waals surface area contributed by atoms with Crippen LogP contribution in [0.2, 0.25) is 0 Å². The number of rotatable bonds is 5. The van der Waals surface area contributed by atoms with Crippen LogP contribution >= 0.6 is 15.9 Å². The van der Waals surface area contributed by atoms with Gasteiger partial charge in [0, 0.05) is 16.8 Å². The van der Waals surface area contributed by atoms with E-state index < -0.39 is 0 Å². The predicted molar refractivity (Wildman–Crippen MR) is 70.1 cm³/mol. The maximum absolute atomic E-state index is 11.8. The van der Waals surface area contributed by atoms with Crippen molar-refractivity contribution in [2.75, 3.05) is 25.6 Å². The first kappa shape index (κ1) is 14.0. The smallest absolute Gasteiger partial charge is 0.338 e. The van der Waals surface area contributed by atoms with E-state index in [4.69, 9.17) is 15.2 Å². The topological polar surface area (TPSA) is 61.5 Å². The van der Waals surface area contributed by atoms with Gasteiger partial charge in [0.2, 0.25) is 0 Å². The van der Waals surface area contributed by atoms with Crippen LogP contribution in [0.25, 0.3) is 0 Å². The van der Waals surface area contributed by atoms with Crippen LogP contribution in [0, 0.1) is 6.92 Å². The van der Waals surface area contributed by atoms with E-state index >= 15 is 0 Å². The molecule has 0 atom stereocenters. The molecule has 0 fully saturated rings. The Morgan fingerprint density at radius 1 is 1.41 bits per heavy atom. The van der Waals surface area contributed by atoms with Gasteiger partial charge in [0.1, 0.15) is 6.61 Å². The molecule has 94 valence electrons. The standard InChI is InChI=1S/C12H16BrNO3/c1-3-16-4-5-17-12(15)10-6-9(13)7-11(14)8(10)2/h6-7H,3-5,14H2,1-2H3. The molecule has 0 aromatic heterocycles. The van der Waals surface area contributed by atoms with E-state index in [-0.39, 0.29) is 12.6 Å². The van der Waals surface area contributed by atoms with Gasteiger partial charge in [-0.05, 0) is 31.5 Å². The molecule has 0 amide bonds. The van der Waals surface area contributed by atoms with Crippen molar-refractivity contribution in [1.82, 2.24) is 0 Å². The summed E-state index contributed by atoms with van der Waals surface area (Å²) >= 11 is 3.30. The molecule has 0 unspecified atom stereocenters. The minimum absolute atomic E-state index is 0.249. The van der Waals surface area contributed by atoms with Crippen molar-refractivity contribution in [3.05, 3.63) is 27.7 Å². The third-order valence-electron chi connectivity index (χ3n) is 2.30. The summed E-state index contributed by atoms with van der Waals surface area (Å²) in [5.74, 6) is -0.379. The van der Waals surface area contributed by atoms with Gasteiger partial charge in [-0.3, -0.25) is 0 Å². The first-order valence-electron chi connectivity index (χ1n) is 5.36. The van der Waals surface area contributed by atoms with Crippen LogP contribution in [0.5, 0.6) is 0 Å². The highest BCUT2D eigenvalue weighted by atomic mass is 79.9. The zero-order valence-corrected chi connectivity index (χ0v) is 11.5. The second-order valence-corrected chi connectivity index (χ2v) is 4.42. The molecule has 17 heavy (non-hydrogen) atoms. The summed E-state index contributed by atoms with van der Waals surface area (Å²) < 4.78 is 10.9. The molecule has 5 heteroatoms. The fourth-order valence-corrected chi connectivity index (χ4v) is 1.80. The fourth-order valence-electron chi connectivity index (χ4n) is 1.33.